The summed E-state index contributed by atoms with van der Waals surface area (Å²) in [6, 6.07) is 9.32. The Hall–Kier alpha value is -3.00. The summed E-state index contributed by atoms with van der Waals surface area (Å²) in [4.78, 5) is 18.9. The molecule has 2 aliphatic rings. The predicted octanol–water partition coefficient (Wildman–Crippen LogP) is 1.69. The van der Waals surface area contributed by atoms with Crippen LogP contribution in [0.2, 0.25) is 0 Å². The minimum Gasteiger partial charge on any atom is -0.486 e. The van der Waals surface area contributed by atoms with Gasteiger partial charge in [0.15, 0.2) is 11.5 Å². The third kappa shape index (κ3) is 4.45. The number of rotatable bonds is 5. The molecule has 8 nitrogen and oxygen atoms in total. The quantitative estimate of drug-likeness (QED) is 0.816. The molecule has 0 bridgehead atoms. The molecule has 4 rings (SSSR count). The summed E-state index contributed by atoms with van der Waals surface area (Å²) in [6.45, 7) is 4.92. The van der Waals surface area contributed by atoms with Crippen molar-refractivity contribution >= 4 is 11.8 Å². The predicted molar refractivity (Wildman–Crippen MR) is 104 cm³/mol. The second kappa shape index (κ2) is 8.79. The molecular weight excluding hydrogens is 360 g/mol. The van der Waals surface area contributed by atoms with Crippen molar-refractivity contribution < 1.29 is 19.0 Å². The molecule has 0 saturated carbocycles. The highest BCUT2D eigenvalue weighted by Gasteiger charge is 2.16. The second-order valence-corrected chi connectivity index (χ2v) is 6.60. The molecule has 0 unspecified atom stereocenters. The van der Waals surface area contributed by atoms with Gasteiger partial charge in [0, 0.05) is 37.9 Å². The normalized spacial score (nSPS) is 15.8. The number of amides is 2. The lowest BCUT2D eigenvalue weighted by Gasteiger charge is -2.29. The van der Waals surface area contributed by atoms with Crippen LogP contribution in [0.3, 0.4) is 0 Å². The Morgan fingerprint density at radius 2 is 1.79 bits per heavy atom. The van der Waals surface area contributed by atoms with Crippen LogP contribution < -0.4 is 25.0 Å². The molecule has 1 saturated heterocycles. The molecule has 2 N–H and O–H groups in total. The summed E-state index contributed by atoms with van der Waals surface area (Å²) < 4.78 is 16.5. The van der Waals surface area contributed by atoms with E-state index in [0.29, 0.717) is 39.5 Å². The first kappa shape index (κ1) is 18.4. The minimum absolute atomic E-state index is 0.230. The van der Waals surface area contributed by atoms with Gasteiger partial charge in [-0.2, -0.15) is 0 Å². The summed E-state index contributed by atoms with van der Waals surface area (Å²) in [5, 5.41) is 5.78. The molecule has 1 aromatic heterocycles. The number of ether oxygens (including phenoxy) is 3. The van der Waals surface area contributed by atoms with E-state index in [1.807, 2.05) is 30.3 Å². The Morgan fingerprint density at radius 1 is 1.00 bits per heavy atom. The van der Waals surface area contributed by atoms with Crippen molar-refractivity contribution in [3.05, 3.63) is 47.7 Å². The molecule has 148 valence electrons. The average molecular weight is 384 g/mol. The van der Waals surface area contributed by atoms with Crippen molar-refractivity contribution in [2.24, 2.45) is 0 Å². The van der Waals surface area contributed by atoms with Crippen molar-refractivity contribution in [3.63, 3.8) is 0 Å². The molecular formula is C20H24N4O4. The number of carbonyl (C=O) groups is 1. The first-order valence-electron chi connectivity index (χ1n) is 9.46. The molecule has 28 heavy (non-hydrogen) atoms. The van der Waals surface area contributed by atoms with Crippen LogP contribution in [0.5, 0.6) is 11.5 Å². The maximum atomic E-state index is 12.2. The van der Waals surface area contributed by atoms with Gasteiger partial charge in [-0.05, 0) is 23.8 Å². The van der Waals surface area contributed by atoms with E-state index in [1.165, 1.54) is 0 Å². The number of anilines is 1. The number of nitrogens with one attached hydrogen (secondary N) is 2. The number of fused-ring (bicyclic) bond motifs is 1. The van der Waals surface area contributed by atoms with Crippen molar-refractivity contribution in [1.82, 2.24) is 15.6 Å². The average Bonchev–Trinajstić information content (AvgIpc) is 2.77. The Balaban J connectivity index is 1.30. The van der Waals surface area contributed by atoms with Crippen molar-refractivity contribution in [1.29, 1.82) is 0 Å². The first-order chi connectivity index (χ1) is 13.8. The van der Waals surface area contributed by atoms with E-state index < -0.39 is 0 Å². The Morgan fingerprint density at radius 3 is 2.64 bits per heavy atom. The van der Waals surface area contributed by atoms with Gasteiger partial charge >= 0.3 is 6.03 Å². The lowest BCUT2D eigenvalue weighted by molar-refractivity contribution is 0.122. The van der Waals surface area contributed by atoms with Crippen LogP contribution in [0.25, 0.3) is 0 Å². The van der Waals surface area contributed by atoms with E-state index in [-0.39, 0.29) is 6.03 Å². The van der Waals surface area contributed by atoms with Crippen LogP contribution >= 0.6 is 0 Å². The van der Waals surface area contributed by atoms with Gasteiger partial charge in [-0.1, -0.05) is 12.1 Å². The Labute approximate surface area is 163 Å². The topological polar surface area (TPSA) is 85.0 Å². The Kier molecular flexibility index (Phi) is 5.77. The van der Waals surface area contributed by atoms with E-state index in [4.69, 9.17) is 14.2 Å². The summed E-state index contributed by atoms with van der Waals surface area (Å²) in [6.07, 6.45) is 1.77. The summed E-state index contributed by atoms with van der Waals surface area (Å²) in [7, 11) is 0. The number of benzene rings is 1. The van der Waals surface area contributed by atoms with Crippen LogP contribution in [0.4, 0.5) is 10.6 Å². The van der Waals surface area contributed by atoms with Crippen molar-refractivity contribution in [3.8, 4) is 11.5 Å². The SMILES string of the molecule is O=C(NCc1ccc2c(c1)OCCO2)NCc1cccnc1N1CCOCC1. The Bertz CT molecular complexity index is 824. The second-order valence-electron chi connectivity index (χ2n) is 6.60. The van der Waals surface area contributed by atoms with Gasteiger partial charge in [-0.15, -0.1) is 0 Å². The molecule has 8 heteroatoms. The lowest BCUT2D eigenvalue weighted by Crippen LogP contribution is -2.38. The number of aromatic nitrogens is 1. The van der Waals surface area contributed by atoms with E-state index in [0.717, 1.165) is 41.5 Å². The summed E-state index contributed by atoms with van der Waals surface area (Å²) >= 11 is 0. The zero-order valence-electron chi connectivity index (χ0n) is 15.6. The third-order valence-electron chi connectivity index (χ3n) is 4.68. The molecule has 3 heterocycles. The third-order valence-corrected chi connectivity index (χ3v) is 4.68. The van der Waals surface area contributed by atoms with Gasteiger partial charge in [0.05, 0.1) is 13.2 Å². The van der Waals surface area contributed by atoms with Crippen LogP contribution in [0.1, 0.15) is 11.1 Å². The molecule has 0 radical (unpaired) electrons. The van der Waals surface area contributed by atoms with Crippen molar-refractivity contribution in [2.45, 2.75) is 13.1 Å². The number of morpholine rings is 1. The fraction of sp³-hybridized carbons (Fsp3) is 0.400. The lowest BCUT2D eigenvalue weighted by atomic mass is 10.2. The van der Waals surface area contributed by atoms with Crippen LogP contribution in [0, 0.1) is 0 Å². The van der Waals surface area contributed by atoms with Crippen LogP contribution in [0.15, 0.2) is 36.5 Å². The van der Waals surface area contributed by atoms with E-state index in [2.05, 4.69) is 20.5 Å². The molecule has 2 aliphatic heterocycles. The van der Waals surface area contributed by atoms with Gasteiger partial charge in [0.1, 0.15) is 19.0 Å². The van der Waals surface area contributed by atoms with Crippen LogP contribution in [-0.4, -0.2) is 50.5 Å². The molecule has 2 aromatic rings. The summed E-state index contributed by atoms with van der Waals surface area (Å²) in [5.74, 6) is 2.36. The maximum absolute atomic E-state index is 12.2. The van der Waals surface area contributed by atoms with Gasteiger partial charge < -0.3 is 29.7 Å². The standard InChI is InChI=1S/C20H24N4O4/c25-20(22-13-15-3-4-17-18(12-15)28-11-10-27-17)23-14-16-2-1-5-21-19(16)24-6-8-26-9-7-24/h1-5,12H,6-11,13-14H2,(H2,22,23,25). The number of urea groups is 1. The maximum Gasteiger partial charge on any atom is 0.315 e. The number of hydrogen-bond acceptors (Lipinski definition) is 6. The van der Waals surface area contributed by atoms with E-state index in [9.17, 15) is 4.79 Å². The molecule has 0 atom stereocenters. The summed E-state index contributed by atoms with van der Waals surface area (Å²) in [5.41, 5.74) is 1.94. The molecule has 1 fully saturated rings. The number of pyridine rings is 1. The van der Waals surface area contributed by atoms with E-state index in [1.54, 1.807) is 6.20 Å². The molecule has 0 aliphatic carbocycles. The first-order valence-corrected chi connectivity index (χ1v) is 9.46. The fourth-order valence-electron chi connectivity index (χ4n) is 3.25. The zero-order chi connectivity index (χ0) is 19.2. The highest BCUT2D eigenvalue weighted by molar-refractivity contribution is 5.74. The molecule has 1 aromatic carbocycles. The minimum atomic E-state index is -0.230. The van der Waals surface area contributed by atoms with E-state index >= 15 is 0 Å². The monoisotopic (exact) mass is 384 g/mol. The van der Waals surface area contributed by atoms with Gasteiger partial charge in [-0.25, -0.2) is 9.78 Å². The van der Waals surface area contributed by atoms with Gasteiger partial charge in [0.2, 0.25) is 0 Å². The van der Waals surface area contributed by atoms with Gasteiger partial charge in [0.25, 0.3) is 0 Å². The number of nitrogens with zero attached hydrogens (tertiary/aromatic N) is 2. The van der Waals surface area contributed by atoms with Crippen molar-refractivity contribution in [2.75, 3.05) is 44.4 Å². The highest BCUT2D eigenvalue weighted by atomic mass is 16.6. The highest BCUT2D eigenvalue weighted by Crippen LogP contribution is 2.30. The zero-order valence-corrected chi connectivity index (χ0v) is 15.6. The van der Waals surface area contributed by atoms with Crippen LogP contribution in [-0.2, 0) is 17.8 Å². The smallest absolute Gasteiger partial charge is 0.315 e. The fourth-order valence-corrected chi connectivity index (χ4v) is 3.25. The number of hydrogen-bond donors (Lipinski definition) is 2. The van der Waals surface area contributed by atoms with Gasteiger partial charge in [-0.3, -0.25) is 0 Å². The largest absolute Gasteiger partial charge is 0.486 e. The number of carbonyl (C=O) groups excluding carboxylic acids is 1. The molecule has 2 amide bonds. The molecule has 0 spiro atoms.